The molecule has 0 amide bonds. The first-order valence-corrected chi connectivity index (χ1v) is 3.26. The Morgan fingerprint density at radius 2 is 1.50 bits per heavy atom. The summed E-state index contributed by atoms with van der Waals surface area (Å²) in [4.78, 5) is 0. The summed E-state index contributed by atoms with van der Waals surface area (Å²) in [5, 5.41) is 0. The van der Waals surface area contributed by atoms with Gasteiger partial charge in [0.2, 0.25) is 0 Å². The van der Waals surface area contributed by atoms with Gasteiger partial charge in [-0.05, 0) is 0 Å². The highest BCUT2D eigenvalue weighted by molar-refractivity contribution is 14.2. The van der Waals surface area contributed by atoms with Gasteiger partial charge in [-0.25, -0.2) is 0 Å². The molecular weight excluding hydrogens is 277 g/mol. The zero-order valence-electron chi connectivity index (χ0n) is 1.91. The van der Waals surface area contributed by atoms with E-state index in [9.17, 15) is 0 Å². The largest absolute Gasteiger partial charge is 0.0988 e. The molecule has 0 rings (SSSR count). The molecule has 0 aliphatic rings. The molecule has 0 aliphatic carbocycles. The van der Waals surface area contributed by atoms with Crippen molar-refractivity contribution in [1.29, 1.82) is 0 Å². The maximum Gasteiger partial charge on any atom is 0.0988 e. The summed E-state index contributed by atoms with van der Waals surface area (Å²) < 4.78 is 0.273. The van der Waals surface area contributed by atoms with Crippen LogP contribution in [-0.4, -0.2) is 9.68 Å². The van der Waals surface area contributed by atoms with Crippen LogP contribution in [0.15, 0.2) is 0 Å². The highest BCUT2D eigenvalue weighted by atomic mass is 127. The van der Waals surface area contributed by atoms with E-state index >= 15 is 0 Å². The minimum absolute atomic E-state index is 0.273. The zero-order valence-corrected chi connectivity index (χ0v) is 6.23. The highest BCUT2D eigenvalue weighted by Crippen LogP contribution is 2.00. The van der Waals surface area contributed by atoms with Gasteiger partial charge in [0.15, 0.2) is 0 Å². The third kappa shape index (κ3) is 9.66. The zero-order chi connectivity index (χ0) is 3.58. The Hall–Kier alpha value is 1.52. The predicted molar refractivity (Wildman–Crippen MR) is 37.6 cm³/mol. The molecule has 0 aromatic rings. The number of halogens is 2. The maximum atomic E-state index is 5.08. The van der Waals surface area contributed by atoms with Crippen LogP contribution >= 0.6 is 45.2 Å². The summed E-state index contributed by atoms with van der Waals surface area (Å²) in [6.45, 7) is 0. The summed E-state index contributed by atoms with van der Waals surface area (Å²) in [5.74, 6) is 0. The van der Waals surface area contributed by atoms with E-state index in [1.807, 2.05) is 0 Å². The van der Waals surface area contributed by atoms with Gasteiger partial charge in [-0.1, -0.05) is 45.2 Å². The first kappa shape index (κ1) is 5.52. The molecule has 0 aromatic carbocycles. The monoisotopic (exact) mass is 278 g/mol. The van der Waals surface area contributed by atoms with Gasteiger partial charge < -0.3 is 0 Å². The molecule has 2 radical (unpaired) electrons. The lowest BCUT2D eigenvalue weighted by molar-refractivity contribution is 2.27. The van der Waals surface area contributed by atoms with Crippen molar-refractivity contribution in [3.8, 4) is 0 Å². The molecule has 0 bridgehead atoms. The molecule has 4 heavy (non-hydrogen) atoms. The standard InChI is InChI=1S/CHBI2/c2-1(3)4/h1H. The number of alkyl halides is 2. The normalized spacial score (nSPS) is 8.75. The average molecular weight is 278 g/mol. The molecule has 0 heterocycles. The summed E-state index contributed by atoms with van der Waals surface area (Å²) in [6, 6.07) is 0. The van der Waals surface area contributed by atoms with Gasteiger partial charge in [0.25, 0.3) is 0 Å². The highest BCUT2D eigenvalue weighted by Gasteiger charge is 1.74. The van der Waals surface area contributed by atoms with Crippen LogP contribution in [0.5, 0.6) is 0 Å². The van der Waals surface area contributed by atoms with Crippen LogP contribution in [0.25, 0.3) is 0 Å². The van der Waals surface area contributed by atoms with Crippen molar-refractivity contribution >= 4 is 53.0 Å². The van der Waals surface area contributed by atoms with Gasteiger partial charge in [0.1, 0.15) is 0 Å². The molecule has 0 aromatic heterocycles. The fraction of sp³-hybridized carbons (Fsp3) is 1.00. The third-order valence-corrected chi connectivity index (χ3v) is 0. The van der Waals surface area contributed by atoms with E-state index < -0.39 is 0 Å². The van der Waals surface area contributed by atoms with E-state index in [0.717, 1.165) is 0 Å². The van der Waals surface area contributed by atoms with Crippen molar-refractivity contribution in [2.45, 2.75) is 1.83 Å². The fourth-order valence-electron chi connectivity index (χ4n) is 0. The lowest BCUT2D eigenvalue weighted by Crippen LogP contribution is -1.72. The van der Waals surface area contributed by atoms with Gasteiger partial charge >= 0.3 is 0 Å². The summed E-state index contributed by atoms with van der Waals surface area (Å²) in [7, 11) is 5.08. The van der Waals surface area contributed by atoms with E-state index in [1.54, 1.807) is 0 Å². The van der Waals surface area contributed by atoms with Crippen molar-refractivity contribution in [3.63, 3.8) is 0 Å². The Kier molecular flexibility index (Phi) is 3.79. The number of hydrogen-bond acceptors (Lipinski definition) is 0. The Morgan fingerprint density at radius 3 is 1.50 bits per heavy atom. The molecule has 0 saturated heterocycles. The molecular formula is CHBI2. The van der Waals surface area contributed by atoms with Crippen molar-refractivity contribution in [2.75, 3.05) is 0 Å². The Balaban J connectivity index is 2.32. The second kappa shape index (κ2) is 2.75. The first-order chi connectivity index (χ1) is 1.73. The van der Waals surface area contributed by atoms with Crippen molar-refractivity contribution < 1.29 is 0 Å². The molecule has 0 unspecified atom stereocenters. The van der Waals surface area contributed by atoms with Gasteiger partial charge in [-0.3, -0.25) is 0 Å². The summed E-state index contributed by atoms with van der Waals surface area (Å²) in [5.41, 5.74) is 0. The number of hydrogen-bond donors (Lipinski definition) is 0. The molecule has 0 atom stereocenters. The molecule has 0 spiro atoms. The Bertz CT molecular complexity index is 10.8. The SMILES string of the molecule is [B]C(I)I. The van der Waals surface area contributed by atoms with Crippen LogP contribution < -0.4 is 0 Å². The molecule has 22 valence electrons. The second-order valence-electron chi connectivity index (χ2n) is 0.334. The minimum atomic E-state index is 0.273. The second-order valence-corrected chi connectivity index (χ2v) is 5.40. The van der Waals surface area contributed by atoms with Gasteiger partial charge in [0.05, 0.1) is 7.85 Å². The lowest BCUT2D eigenvalue weighted by atomic mass is 10.2. The van der Waals surface area contributed by atoms with E-state index in [-0.39, 0.29) is 1.83 Å². The molecule has 0 fully saturated rings. The van der Waals surface area contributed by atoms with Crippen LogP contribution in [0, 0.1) is 0 Å². The van der Waals surface area contributed by atoms with Crippen LogP contribution in [0.4, 0.5) is 0 Å². The van der Waals surface area contributed by atoms with Crippen LogP contribution in [0.2, 0.25) is 0 Å². The Labute approximate surface area is 54.4 Å². The summed E-state index contributed by atoms with van der Waals surface area (Å²) in [6.07, 6.45) is 0. The average Bonchev–Trinajstić information content (AvgIpc) is 0.811. The first-order valence-electron chi connectivity index (χ1n) is 0.770. The topological polar surface area (TPSA) is 0 Å². The van der Waals surface area contributed by atoms with Gasteiger partial charge in [-0.15, -0.1) is 0 Å². The predicted octanol–water partition coefficient (Wildman–Crippen LogP) is 1.31. The fourth-order valence-corrected chi connectivity index (χ4v) is 0. The quantitative estimate of drug-likeness (QED) is 0.356. The van der Waals surface area contributed by atoms with Crippen LogP contribution in [0.3, 0.4) is 0 Å². The van der Waals surface area contributed by atoms with E-state index in [4.69, 9.17) is 7.85 Å². The van der Waals surface area contributed by atoms with E-state index in [2.05, 4.69) is 45.2 Å². The molecule has 3 heteroatoms. The van der Waals surface area contributed by atoms with Gasteiger partial charge in [-0.2, -0.15) is 0 Å². The van der Waals surface area contributed by atoms with Crippen molar-refractivity contribution in [1.82, 2.24) is 0 Å². The molecule has 0 aliphatic heterocycles. The van der Waals surface area contributed by atoms with Crippen molar-refractivity contribution in [2.24, 2.45) is 0 Å². The minimum Gasteiger partial charge on any atom is -0.0820 e. The Morgan fingerprint density at radius 1 is 1.50 bits per heavy atom. The lowest BCUT2D eigenvalue weighted by Gasteiger charge is -1.73. The van der Waals surface area contributed by atoms with Crippen LogP contribution in [-0.2, 0) is 0 Å². The van der Waals surface area contributed by atoms with Crippen molar-refractivity contribution in [3.05, 3.63) is 0 Å². The van der Waals surface area contributed by atoms with Gasteiger partial charge in [0, 0.05) is 1.83 Å². The molecule has 0 nitrogen and oxygen atoms in total. The smallest absolute Gasteiger partial charge is 0.0820 e. The maximum absolute atomic E-state index is 5.08. The third-order valence-electron chi connectivity index (χ3n) is 0. The molecule has 0 saturated carbocycles. The van der Waals surface area contributed by atoms with Crippen LogP contribution in [0.1, 0.15) is 0 Å². The summed E-state index contributed by atoms with van der Waals surface area (Å²) >= 11 is 4.22. The van der Waals surface area contributed by atoms with E-state index in [1.165, 1.54) is 0 Å². The van der Waals surface area contributed by atoms with E-state index in [0.29, 0.717) is 0 Å². The molecule has 0 N–H and O–H groups in total. The number of rotatable bonds is 0.